The molecule has 2 aromatic carbocycles. The van der Waals surface area contributed by atoms with Crippen molar-refractivity contribution in [3.63, 3.8) is 0 Å². The number of hydrogen-bond acceptors (Lipinski definition) is 2. The molecule has 2 aromatic rings. The highest BCUT2D eigenvalue weighted by Crippen LogP contribution is 2.29. The maximum atomic E-state index is 5.88. The van der Waals surface area contributed by atoms with Crippen LogP contribution in [0, 0.1) is 5.92 Å². The van der Waals surface area contributed by atoms with Gasteiger partial charge in [-0.1, -0.05) is 36.8 Å². The molecular weight excluding hydrogens is 258 g/mol. The van der Waals surface area contributed by atoms with Gasteiger partial charge in [-0.25, -0.2) is 0 Å². The molecule has 110 valence electrons. The first-order valence-electron chi connectivity index (χ1n) is 7.86. The molecule has 1 N–H and O–H groups in total. The van der Waals surface area contributed by atoms with Crippen molar-refractivity contribution < 1.29 is 4.74 Å². The minimum Gasteiger partial charge on any atom is -0.457 e. The SMILES string of the molecule is CC(NCc1cccc(Oc2ccccc2)c1)C1CCC1. The highest BCUT2D eigenvalue weighted by molar-refractivity contribution is 5.33. The van der Waals surface area contributed by atoms with Crippen LogP contribution in [0.2, 0.25) is 0 Å². The van der Waals surface area contributed by atoms with Crippen LogP contribution in [-0.4, -0.2) is 6.04 Å². The Hall–Kier alpha value is -1.80. The van der Waals surface area contributed by atoms with E-state index in [0.717, 1.165) is 24.0 Å². The summed E-state index contributed by atoms with van der Waals surface area (Å²) in [5.74, 6) is 2.65. The van der Waals surface area contributed by atoms with Crippen LogP contribution in [0.3, 0.4) is 0 Å². The van der Waals surface area contributed by atoms with Crippen molar-refractivity contribution in [3.05, 3.63) is 60.2 Å². The third-order valence-corrected chi connectivity index (χ3v) is 4.36. The number of benzene rings is 2. The summed E-state index contributed by atoms with van der Waals surface area (Å²) in [5, 5.41) is 3.64. The standard InChI is InChI=1S/C19H23NO/c1-15(17-8-6-9-17)20-14-16-7-5-12-19(13-16)21-18-10-3-2-4-11-18/h2-5,7,10-13,15,17,20H,6,8-9,14H2,1H3. The van der Waals surface area contributed by atoms with Gasteiger partial charge in [0, 0.05) is 12.6 Å². The van der Waals surface area contributed by atoms with E-state index in [1.54, 1.807) is 0 Å². The molecule has 2 heteroatoms. The molecule has 0 bridgehead atoms. The van der Waals surface area contributed by atoms with Gasteiger partial charge in [-0.15, -0.1) is 0 Å². The second kappa shape index (κ2) is 6.77. The first kappa shape index (κ1) is 14.2. The Morgan fingerprint density at radius 3 is 2.52 bits per heavy atom. The van der Waals surface area contributed by atoms with E-state index in [4.69, 9.17) is 4.74 Å². The van der Waals surface area contributed by atoms with Crippen LogP contribution in [-0.2, 0) is 6.54 Å². The summed E-state index contributed by atoms with van der Waals surface area (Å²) in [6.45, 7) is 3.21. The van der Waals surface area contributed by atoms with Crippen molar-refractivity contribution in [1.29, 1.82) is 0 Å². The Balaban J connectivity index is 1.57. The summed E-state index contributed by atoms with van der Waals surface area (Å²) in [7, 11) is 0. The summed E-state index contributed by atoms with van der Waals surface area (Å²) >= 11 is 0. The summed E-state index contributed by atoms with van der Waals surface area (Å²) in [6.07, 6.45) is 4.16. The summed E-state index contributed by atoms with van der Waals surface area (Å²) < 4.78 is 5.88. The average molecular weight is 281 g/mol. The van der Waals surface area contributed by atoms with Crippen molar-refractivity contribution >= 4 is 0 Å². The zero-order valence-corrected chi connectivity index (χ0v) is 12.6. The zero-order valence-electron chi connectivity index (χ0n) is 12.6. The molecule has 1 saturated carbocycles. The lowest BCUT2D eigenvalue weighted by molar-refractivity contribution is 0.240. The molecule has 0 radical (unpaired) electrons. The third kappa shape index (κ3) is 3.85. The topological polar surface area (TPSA) is 21.3 Å². The molecule has 3 rings (SSSR count). The van der Waals surface area contributed by atoms with E-state index >= 15 is 0 Å². The van der Waals surface area contributed by atoms with Crippen molar-refractivity contribution in [1.82, 2.24) is 5.32 Å². The minimum atomic E-state index is 0.609. The summed E-state index contributed by atoms with van der Waals surface area (Å²) in [6, 6.07) is 18.9. The normalized spacial score (nSPS) is 16.2. The largest absolute Gasteiger partial charge is 0.457 e. The Kier molecular flexibility index (Phi) is 4.56. The van der Waals surface area contributed by atoms with Crippen LogP contribution >= 0.6 is 0 Å². The first-order valence-corrected chi connectivity index (χ1v) is 7.86. The number of ether oxygens (including phenoxy) is 1. The molecule has 21 heavy (non-hydrogen) atoms. The Morgan fingerprint density at radius 1 is 1.05 bits per heavy atom. The second-order valence-electron chi connectivity index (χ2n) is 5.92. The van der Waals surface area contributed by atoms with E-state index in [2.05, 4.69) is 30.4 Å². The predicted molar refractivity (Wildman–Crippen MR) is 86.6 cm³/mol. The third-order valence-electron chi connectivity index (χ3n) is 4.36. The molecule has 1 fully saturated rings. The van der Waals surface area contributed by atoms with Gasteiger partial charge >= 0.3 is 0 Å². The van der Waals surface area contributed by atoms with E-state index in [1.165, 1.54) is 24.8 Å². The lowest BCUT2D eigenvalue weighted by atomic mass is 9.80. The fourth-order valence-electron chi connectivity index (χ4n) is 2.73. The fraction of sp³-hybridized carbons (Fsp3) is 0.368. The molecule has 0 aromatic heterocycles. The van der Waals surface area contributed by atoms with Crippen LogP contribution in [0.4, 0.5) is 0 Å². The Labute approximate surface area is 127 Å². The van der Waals surface area contributed by atoms with Gasteiger partial charge in [0.05, 0.1) is 0 Å². The monoisotopic (exact) mass is 281 g/mol. The lowest BCUT2D eigenvalue weighted by Crippen LogP contribution is -2.36. The van der Waals surface area contributed by atoms with Gasteiger partial charge in [-0.05, 0) is 55.5 Å². The molecule has 2 nitrogen and oxygen atoms in total. The Bertz CT molecular complexity index is 563. The van der Waals surface area contributed by atoms with E-state index in [0.29, 0.717) is 6.04 Å². The fourth-order valence-corrected chi connectivity index (χ4v) is 2.73. The maximum absolute atomic E-state index is 5.88. The van der Waals surface area contributed by atoms with Crippen LogP contribution in [0.15, 0.2) is 54.6 Å². The predicted octanol–water partition coefficient (Wildman–Crippen LogP) is 4.76. The molecule has 1 aliphatic carbocycles. The highest BCUT2D eigenvalue weighted by atomic mass is 16.5. The maximum Gasteiger partial charge on any atom is 0.127 e. The molecule has 0 saturated heterocycles. The minimum absolute atomic E-state index is 0.609. The smallest absolute Gasteiger partial charge is 0.127 e. The molecular formula is C19H23NO. The zero-order chi connectivity index (χ0) is 14.5. The van der Waals surface area contributed by atoms with E-state index in [9.17, 15) is 0 Å². The second-order valence-corrected chi connectivity index (χ2v) is 5.92. The molecule has 0 heterocycles. The number of hydrogen-bond donors (Lipinski definition) is 1. The van der Waals surface area contributed by atoms with Crippen molar-refractivity contribution in [2.75, 3.05) is 0 Å². The van der Waals surface area contributed by atoms with Gasteiger partial charge in [-0.3, -0.25) is 0 Å². The van der Waals surface area contributed by atoms with Crippen LogP contribution in [0.25, 0.3) is 0 Å². The molecule has 1 aliphatic rings. The molecule has 0 amide bonds. The molecule has 1 unspecified atom stereocenters. The van der Waals surface area contributed by atoms with Crippen LogP contribution < -0.4 is 10.1 Å². The highest BCUT2D eigenvalue weighted by Gasteiger charge is 2.23. The Morgan fingerprint density at radius 2 is 1.81 bits per heavy atom. The van der Waals surface area contributed by atoms with Gasteiger partial charge in [0.1, 0.15) is 11.5 Å². The van der Waals surface area contributed by atoms with Crippen molar-refractivity contribution in [3.8, 4) is 11.5 Å². The molecule has 0 aliphatic heterocycles. The number of rotatable bonds is 6. The summed E-state index contributed by atoms with van der Waals surface area (Å²) in [4.78, 5) is 0. The van der Waals surface area contributed by atoms with Gasteiger partial charge in [0.25, 0.3) is 0 Å². The van der Waals surface area contributed by atoms with Crippen LogP contribution in [0.5, 0.6) is 11.5 Å². The molecule has 1 atom stereocenters. The van der Waals surface area contributed by atoms with Gasteiger partial charge in [0.15, 0.2) is 0 Å². The van der Waals surface area contributed by atoms with E-state index in [1.807, 2.05) is 36.4 Å². The van der Waals surface area contributed by atoms with Crippen LogP contribution in [0.1, 0.15) is 31.7 Å². The van der Waals surface area contributed by atoms with E-state index in [-0.39, 0.29) is 0 Å². The summed E-state index contributed by atoms with van der Waals surface area (Å²) in [5.41, 5.74) is 1.27. The van der Waals surface area contributed by atoms with E-state index < -0.39 is 0 Å². The number of para-hydroxylation sites is 1. The van der Waals surface area contributed by atoms with Gasteiger partial charge in [0.2, 0.25) is 0 Å². The van der Waals surface area contributed by atoms with Gasteiger partial charge < -0.3 is 10.1 Å². The van der Waals surface area contributed by atoms with Crippen molar-refractivity contribution in [2.24, 2.45) is 5.92 Å². The number of nitrogens with one attached hydrogen (secondary N) is 1. The molecule has 0 spiro atoms. The average Bonchev–Trinajstić information content (AvgIpc) is 2.45. The van der Waals surface area contributed by atoms with Crippen molar-refractivity contribution in [2.45, 2.75) is 38.8 Å². The lowest BCUT2D eigenvalue weighted by Gasteiger charge is -2.32. The quantitative estimate of drug-likeness (QED) is 0.824. The first-order chi connectivity index (χ1) is 10.3. The van der Waals surface area contributed by atoms with Gasteiger partial charge in [-0.2, -0.15) is 0 Å².